The zero-order valence-electron chi connectivity index (χ0n) is 18.8. The number of esters is 1. The van der Waals surface area contributed by atoms with E-state index in [0.717, 1.165) is 5.56 Å². The van der Waals surface area contributed by atoms with Crippen molar-refractivity contribution in [2.75, 3.05) is 11.3 Å². The molecule has 1 N–H and O–H groups in total. The first-order valence-electron chi connectivity index (χ1n) is 10.1. The zero-order valence-corrected chi connectivity index (χ0v) is 19.6. The Morgan fingerprint density at radius 2 is 1.65 bits per heavy atom. The van der Waals surface area contributed by atoms with Gasteiger partial charge in [-0.2, -0.15) is 0 Å². The minimum absolute atomic E-state index is 0.0332. The summed E-state index contributed by atoms with van der Waals surface area (Å²) in [5.41, 5.74) is 1.99. The minimum Gasteiger partial charge on any atom is -0.452 e. The lowest BCUT2D eigenvalue weighted by atomic mass is 10.1. The van der Waals surface area contributed by atoms with Crippen LogP contribution in [0.4, 0.5) is 5.69 Å². The largest absolute Gasteiger partial charge is 0.452 e. The fourth-order valence-corrected chi connectivity index (χ4v) is 4.44. The number of hydrogen-bond acceptors (Lipinski definition) is 5. The maximum absolute atomic E-state index is 12.8. The van der Waals surface area contributed by atoms with E-state index in [4.69, 9.17) is 4.74 Å². The van der Waals surface area contributed by atoms with Crippen molar-refractivity contribution < 1.29 is 22.7 Å². The van der Waals surface area contributed by atoms with Crippen molar-refractivity contribution in [1.82, 2.24) is 4.90 Å². The molecule has 0 saturated carbocycles. The molecule has 0 aromatic heterocycles. The Bertz CT molecular complexity index is 1050. The molecule has 8 heteroatoms. The molecule has 0 aliphatic heterocycles. The van der Waals surface area contributed by atoms with Crippen LogP contribution < -0.4 is 4.72 Å². The minimum atomic E-state index is -3.90. The summed E-state index contributed by atoms with van der Waals surface area (Å²) in [6.07, 6.45) is 0. The van der Waals surface area contributed by atoms with Gasteiger partial charge in [-0.25, -0.2) is 13.2 Å². The van der Waals surface area contributed by atoms with Gasteiger partial charge in [0.05, 0.1) is 10.5 Å². The lowest BCUT2D eigenvalue weighted by molar-refractivity contribution is -0.138. The smallest absolute Gasteiger partial charge is 0.338 e. The van der Waals surface area contributed by atoms with Crippen LogP contribution in [0.25, 0.3) is 0 Å². The highest BCUT2D eigenvalue weighted by Gasteiger charge is 2.23. The van der Waals surface area contributed by atoms with Crippen LogP contribution in [0.15, 0.2) is 47.4 Å². The molecule has 0 atom stereocenters. The Labute approximate surface area is 184 Å². The van der Waals surface area contributed by atoms with Gasteiger partial charge in [-0.1, -0.05) is 18.2 Å². The third kappa shape index (κ3) is 6.30. The Hall–Kier alpha value is -2.87. The molecule has 0 bridgehead atoms. The number of anilines is 1. The van der Waals surface area contributed by atoms with Crippen molar-refractivity contribution in [2.24, 2.45) is 0 Å². The first-order valence-corrected chi connectivity index (χ1v) is 11.6. The van der Waals surface area contributed by atoms with Crippen LogP contribution in [0, 0.1) is 13.8 Å². The topological polar surface area (TPSA) is 92.8 Å². The van der Waals surface area contributed by atoms with Gasteiger partial charge in [0, 0.05) is 17.8 Å². The van der Waals surface area contributed by atoms with Crippen molar-refractivity contribution in [3.63, 3.8) is 0 Å². The standard InChI is InChI=1S/C23H30N2O5S/c1-15(2)25(16(3)4)22(26)14-30-23(27)21-13-20(11-10-18(21)6)31(28,29)24-19-9-7-8-17(5)12-19/h7-13,15-16,24H,14H2,1-6H3. The summed E-state index contributed by atoms with van der Waals surface area (Å²) in [6.45, 7) is 10.7. The Morgan fingerprint density at radius 3 is 2.23 bits per heavy atom. The number of rotatable bonds is 8. The second kappa shape index (κ2) is 9.96. The number of carbonyl (C=O) groups is 2. The van der Waals surface area contributed by atoms with Gasteiger partial charge in [-0.15, -0.1) is 0 Å². The molecule has 2 aromatic rings. The van der Waals surface area contributed by atoms with Crippen LogP contribution in [-0.2, 0) is 19.6 Å². The first kappa shape index (κ1) is 24.4. The van der Waals surface area contributed by atoms with Crippen LogP contribution in [0.3, 0.4) is 0 Å². The fraction of sp³-hybridized carbons (Fsp3) is 0.391. The monoisotopic (exact) mass is 446 g/mol. The van der Waals surface area contributed by atoms with Gasteiger partial charge in [-0.3, -0.25) is 9.52 Å². The molecule has 7 nitrogen and oxygen atoms in total. The highest BCUT2D eigenvalue weighted by atomic mass is 32.2. The summed E-state index contributed by atoms with van der Waals surface area (Å²) in [5.74, 6) is -1.05. The molecule has 0 aliphatic carbocycles. The van der Waals surface area contributed by atoms with E-state index in [1.807, 2.05) is 40.7 Å². The lowest BCUT2D eigenvalue weighted by Crippen LogP contribution is -2.44. The molecule has 0 spiro atoms. The molecule has 0 unspecified atom stereocenters. The molecule has 0 radical (unpaired) electrons. The van der Waals surface area contributed by atoms with Gasteiger partial charge >= 0.3 is 5.97 Å². The summed E-state index contributed by atoms with van der Waals surface area (Å²) in [5, 5.41) is 0. The summed E-state index contributed by atoms with van der Waals surface area (Å²) in [7, 11) is -3.90. The van der Waals surface area contributed by atoms with E-state index in [-0.39, 0.29) is 28.4 Å². The van der Waals surface area contributed by atoms with Crippen LogP contribution in [0.5, 0.6) is 0 Å². The van der Waals surface area contributed by atoms with E-state index in [0.29, 0.717) is 11.3 Å². The predicted molar refractivity (Wildman–Crippen MR) is 121 cm³/mol. The molecule has 0 saturated heterocycles. The van der Waals surface area contributed by atoms with E-state index >= 15 is 0 Å². The van der Waals surface area contributed by atoms with E-state index in [1.165, 1.54) is 18.2 Å². The fourth-order valence-electron chi connectivity index (χ4n) is 3.36. The summed E-state index contributed by atoms with van der Waals surface area (Å²) in [6, 6.07) is 11.1. The number of amides is 1. The molecule has 31 heavy (non-hydrogen) atoms. The van der Waals surface area contributed by atoms with E-state index in [1.54, 1.807) is 30.0 Å². The Kier molecular flexibility index (Phi) is 7.84. The SMILES string of the molecule is Cc1cccc(NS(=O)(=O)c2ccc(C)c(C(=O)OCC(=O)N(C(C)C)C(C)C)c2)c1. The number of benzene rings is 2. The average Bonchev–Trinajstić information content (AvgIpc) is 2.65. The van der Waals surface area contributed by atoms with Gasteiger partial charge in [0.1, 0.15) is 0 Å². The molecule has 0 fully saturated rings. The van der Waals surface area contributed by atoms with Crippen molar-refractivity contribution in [1.29, 1.82) is 0 Å². The third-order valence-electron chi connectivity index (χ3n) is 4.74. The molecule has 1 amide bonds. The number of sulfonamides is 1. The van der Waals surface area contributed by atoms with Gasteiger partial charge in [0.25, 0.3) is 15.9 Å². The van der Waals surface area contributed by atoms with Gasteiger partial charge in [-0.05, 0) is 76.9 Å². The number of ether oxygens (including phenoxy) is 1. The van der Waals surface area contributed by atoms with Crippen LogP contribution >= 0.6 is 0 Å². The maximum atomic E-state index is 12.8. The Balaban J connectivity index is 2.20. The van der Waals surface area contributed by atoms with Gasteiger partial charge in [0.15, 0.2) is 6.61 Å². The number of carbonyl (C=O) groups excluding carboxylic acids is 2. The van der Waals surface area contributed by atoms with Crippen LogP contribution in [0.2, 0.25) is 0 Å². The van der Waals surface area contributed by atoms with Crippen LogP contribution in [0.1, 0.15) is 49.2 Å². The van der Waals surface area contributed by atoms with E-state index < -0.39 is 22.6 Å². The van der Waals surface area contributed by atoms with Crippen molar-refractivity contribution >= 4 is 27.6 Å². The first-order chi connectivity index (χ1) is 14.4. The summed E-state index contributed by atoms with van der Waals surface area (Å²) < 4.78 is 33.3. The third-order valence-corrected chi connectivity index (χ3v) is 6.12. The van der Waals surface area contributed by atoms with Crippen molar-refractivity contribution in [2.45, 2.75) is 58.5 Å². The molecule has 2 rings (SSSR count). The maximum Gasteiger partial charge on any atom is 0.338 e. The second-order valence-electron chi connectivity index (χ2n) is 8.02. The molecular formula is C23H30N2O5S. The van der Waals surface area contributed by atoms with Gasteiger partial charge < -0.3 is 9.64 Å². The Morgan fingerprint density at radius 1 is 1.00 bits per heavy atom. The van der Waals surface area contributed by atoms with Crippen LogP contribution in [-0.4, -0.2) is 43.9 Å². The van der Waals surface area contributed by atoms with E-state index in [2.05, 4.69) is 4.72 Å². The number of aryl methyl sites for hydroxylation is 2. The quantitative estimate of drug-likeness (QED) is 0.621. The highest BCUT2D eigenvalue weighted by molar-refractivity contribution is 7.92. The van der Waals surface area contributed by atoms with Crippen molar-refractivity contribution in [3.8, 4) is 0 Å². The number of hydrogen-bond donors (Lipinski definition) is 1. The molecule has 168 valence electrons. The zero-order chi connectivity index (χ0) is 23.3. The lowest BCUT2D eigenvalue weighted by Gasteiger charge is -2.30. The number of nitrogens with zero attached hydrogens (tertiary/aromatic N) is 1. The number of nitrogens with one attached hydrogen (secondary N) is 1. The highest BCUT2D eigenvalue weighted by Crippen LogP contribution is 2.21. The molecular weight excluding hydrogens is 416 g/mol. The summed E-state index contributed by atoms with van der Waals surface area (Å²) in [4.78, 5) is 26.6. The predicted octanol–water partition coefficient (Wildman–Crippen LogP) is 3.91. The molecule has 2 aromatic carbocycles. The van der Waals surface area contributed by atoms with Crippen molar-refractivity contribution in [3.05, 3.63) is 59.2 Å². The summed E-state index contributed by atoms with van der Waals surface area (Å²) >= 11 is 0. The van der Waals surface area contributed by atoms with E-state index in [9.17, 15) is 18.0 Å². The van der Waals surface area contributed by atoms with Gasteiger partial charge in [0.2, 0.25) is 0 Å². The second-order valence-corrected chi connectivity index (χ2v) is 9.70. The normalized spacial score (nSPS) is 11.5. The molecule has 0 heterocycles. The molecule has 0 aliphatic rings. The average molecular weight is 447 g/mol.